The minimum Gasteiger partial charge on any atom is -0.506 e. The van der Waals surface area contributed by atoms with Gasteiger partial charge in [-0.25, -0.2) is 4.98 Å². The first-order valence-corrected chi connectivity index (χ1v) is 9.12. The van der Waals surface area contributed by atoms with Crippen LogP contribution < -0.4 is 0 Å². The normalized spacial score (nSPS) is 13.2. The summed E-state index contributed by atoms with van der Waals surface area (Å²) >= 11 is 0. The molecular weight excluding hydrogens is 366 g/mol. The van der Waals surface area contributed by atoms with Gasteiger partial charge in [0.1, 0.15) is 11.3 Å². The fraction of sp³-hybridized carbons (Fsp3) is 0.0435. The van der Waals surface area contributed by atoms with Crippen molar-refractivity contribution < 1.29 is 14.7 Å². The lowest BCUT2D eigenvalue weighted by Crippen LogP contribution is -2.29. The molecular formula is C23H15N3O3. The molecule has 0 atom stereocenters. The van der Waals surface area contributed by atoms with Gasteiger partial charge >= 0.3 is 0 Å². The van der Waals surface area contributed by atoms with Crippen LogP contribution in [0.4, 0.5) is 0 Å². The monoisotopic (exact) mass is 381 g/mol. The summed E-state index contributed by atoms with van der Waals surface area (Å²) in [5.74, 6) is -0.589. The van der Waals surface area contributed by atoms with Crippen LogP contribution >= 0.6 is 0 Å². The number of aromatic nitrogens is 2. The molecule has 2 aromatic heterocycles. The second-order valence-corrected chi connectivity index (χ2v) is 6.80. The van der Waals surface area contributed by atoms with Gasteiger partial charge in [-0.05, 0) is 36.4 Å². The van der Waals surface area contributed by atoms with E-state index in [2.05, 4.69) is 9.97 Å². The van der Waals surface area contributed by atoms with Gasteiger partial charge in [-0.15, -0.1) is 0 Å². The Morgan fingerprint density at radius 2 is 1.59 bits per heavy atom. The number of carbonyl (C=O) groups is 2. The van der Waals surface area contributed by atoms with Crippen molar-refractivity contribution in [3.63, 3.8) is 0 Å². The number of aromatic hydroxyl groups is 1. The van der Waals surface area contributed by atoms with Crippen LogP contribution in [0, 0.1) is 0 Å². The number of amides is 2. The average molecular weight is 381 g/mol. The highest BCUT2D eigenvalue weighted by atomic mass is 16.3. The van der Waals surface area contributed by atoms with Crippen molar-refractivity contribution in [2.24, 2.45) is 0 Å². The number of phenols is 1. The van der Waals surface area contributed by atoms with Crippen LogP contribution in [0.2, 0.25) is 0 Å². The van der Waals surface area contributed by atoms with Gasteiger partial charge in [-0.3, -0.25) is 19.5 Å². The molecule has 6 nitrogen and oxygen atoms in total. The highest BCUT2D eigenvalue weighted by Gasteiger charge is 2.35. The smallest absolute Gasteiger partial charge is 0.261 e. The van der Waals surface area contributed by atoms with E-state index in [4.69, 9.17) is 0 Å². The number of hydrogen-bond acceptors (Lipinski definition) is 5. The highest BCUT2D eigenvalue weighted by Crippen LogP contribution is 2.31. The topological polar surface area (TPSA) is 83.4 Å². The number of pyridine rings is 2. The zero-order chi connectivity index (χ0) is 20.0. The molecule has 1 aliphatic rings. The first-order valence-electron chi connectivity index (χ1n) is 9.12. The number of hydrogen-bond donors (Lipinski definition) is 1. The summed E-state index contributed by atoms with van der Waals surface area (Å²) in [5, 5.41) is 10.9. The van der Waals surface area contributed by atoms with E-state index in [0.717, 1.165) is 5.39 Å². The summed E-state index contributed by atoms with van der Waals surface area (Å²) in [7, 11) is 0. The van der Waals surface area contributed by atoms with Crippen molar-refractivity contribution in [3.05, 3.63) is 89.6 Å². The number of rotatable bonds is 3. The lowest BCUT2D eigenvalue weighted by Gasteiger charge is -2.17. The van der Waals surface area contributed by atoms with Crippen LogP contribution in [0.25, 0.3) is 22.3 Å². The molecule has 3 heterocycles. The number of imide groups is 1. The standard InChI is InChI=1S/C23H15N3O3/c27-19-10-5-6-14-12-15(20(25-21(14)19)18-9-3-4-11-24-18)13-26-22(28)16-7-1-2-8-17(16)23(26)29/h1-12,27H,13H2. The van der Waals surface area contributed by atoms with Gasteiger partial charge in [0.15, 0.2) is 0 Å². The van der Waals surface area contributed by atoms with Crippen molar-refractivity contribution >= 4 is 22.7 Å². The van der Waals surface area contributed by atoms with E-state index in [1.165, 1.54) is 4.90 Å². The molecule has 140 valence electrons. The van der Waals surface area contributed by atoms with Crippen LogP contribution in [-0.2, 0) is 6.54 Å². The Morgan fingerprint density at radius 1 is 0.862 bits per heavy atom. The third kappa shape index (κ3) is 2.73. The zero-order valence-corrected chi connectivity index (χ0v) is 15.2. The molecule has 2 amide bonds. The molecule has 0 aliphatic carbocycles. The fourth-order valence-electron chi connectivity index (χ4n) is 3.62. The molecule has 0 saturated carbocycles. The van der Waals surface area contributed by atoms with E-state index in [0.29, 0.717) is 33.6 Å². The third-order valence-corrected chi connectivity index (χ3v) is 5.02. The average Bonchev–Trinajstić information content (AvgIpc) is 2.99. The van der Waals surface area contributed by atoms with Crippen molar-refractivity contribution in [3.8, 4) is 17.1 Å². The summed E-state index contributed by atoms with van der Waals surface area (Å²) < 4.78 is 0. The molecule has 0 spiro atoms. The lowest BCUT2D eigenvalue weighted by molar-refractivity contribution is 0.0642. The van der Waals surface area contributed by atoms with Gasteiger partial charge < -0.3 is 5.11 Å². The molecule has 2 aromatic carbocycles. The minimum absolute atomic E-state index is 0.0620. The maximum atomic E-state index is 12.8. The molecule has 29 heavy (non-hydrogen) atoms. The first-order chi connectivity index (χ1) is 14.1. The van der Waals surface area contributed by atoms with Gasteiger partial charge in [-0.2, -0.15) is 0 Å². The van der Waals surface area contributed by atoms with Crippen LogP contribution in [-0.4, -0.2) is 31.8 Å². The van der Waals surface area contributed by atoms with Gasteiger partial charge in [-0.1, -0.05) is 30.3 Å². The fourth-order valence-corrected chi connectivity index (χ4v) is 3.62. The summed E-state index contributed by atoms with van der Waals surface area (Å²) in [6.07, 6.45) is 1.65. The number of carbonyl (C=O) groups excluding carboxylic acids is 2. The lowest BCUT2D eigenvalue weighted by atomic mass is 10.1. The summed E-state index contributed by atoms with van der Waals surface area (Å²) in [4.78, 5) is 35.8. The van der Waals surface area contributed by atoms with Crippen molar-refractivity contribution in [1.29, 1.82) is 0 Å². The Balaban J connectivity index is 1.65. The van der Waals surface area contributed by atoms with Gasteiger partial charge in [0, 0.05) is 17.1 Å². The number of fused-ring (bicyclic) bond motifs is 2. The van der Waals surface area contributed by atoms with Crippen LogP contribution in [0.5, 0.6) is 5.75 Å². The van der Waals surface area contributed by atoms with Crippen molar-refractivity contribution in [2.75, 3.05) is 0 Å². The molecule has 4 aromatic rings. The van der Waals surface area contributed by atoms with Crippen LogP contribution in [0.15, 0.2) is 72.9 Å². The van der Waals surface area contributed by atoms with E-state index in [-0.39, 0.29) is 24.1 Å². The highest BCUT2D eigenvalue weighted by molar-refractivity contribution is 6.21. The first kappa shape index (κ1) is 17.1. The SMILES string of the molecule is O=C1c2ccccc2C(=O)N1Cc1cc2cccc(O)c2nc1-c1ccccn1. The van der Waals surface area contributed by atoms with Crippen molar-refractivity contribution in [2.45, 2.75) is 6.54 Å². The summed E-state index contributed by atoms with van der Waals surface area (Å²) in [6.45, 7) is 0.0663. The number of nitrogens with zero attached hydrogens (tertiary/aromatic N) is 3. The quantitative estimate of drug-likeness (QED) is 0.546. The summed E-state index contributed by atoms with van der Waals surface area (Å²) in [5.41, 5.74) is 3.06. The van der Waals surface area contributed by atoms with Gasteiger partial charge in [0.25, 0.3) is 11.8 Å². The van der Waals surface area contributed by atoms with Gasteiger partial charge in [0.05, 0.1) is 29.1 Å². The Hall–Kier alpha value is -4.06. The molecule has 0 radical (unpaired) electrons. The largest absolute Gasteiger partial charge is 0.506 e. The molecule has 1 aliphatic heterocycles. The maximum absolute atomic E-state index is 12.8. The van der Waals surface area contributed by atoms with E-state index in [1.54, 1.807) is 54.7 Å². The predicted molar refractivity (Wildman–Crippen MR) is 107 cm³/mol. The predicted octanol–water partition coefficient (Wildman–Crippen LogP) is 3.80. The maximum Gasteiger partial charge on any atom is 0.261 e. The molecule has 0 saturated heterocycles. The van der Waals surface area contributed by atoms with Crippen LogP contribution in [0.3, 0.4) is 0 Å². The minimum atomic E-state index is -0.325. The zero-order valence-electron chi connectivity index (χ0n) is 15.2. The molecule has 1 N–H and O–H groups in total. The molecule has 0 fully saturated rings. The van der Waals surface area contributed by atoms with E-state index >= 15 is 0 Å². The molecule has 0 bridgehead atoms. The van der Waals surface area contributed by atoms with Crippen molar-refractivity contribution in [1.82, 2.24) is 14.9 Å². The van der Waals surface area contributed by atoms with E-state index in [1.807, 2.05) is 18.2 Å². The van der Waals surface area contributed by atoms with E-state index < -0.39 is 0 Å². The Kier molecular flexibility index (Phi) is 3.84. The Morgan fingerprint density at radius 3 is 2.28 bits per heavy atom. The van der Waals surface area contributed by atoms with Gasteiger partial charge in [0.2, 0.25) is 0 Å². The summed E-state index contributed by atoms with van der Waals surface area (Å²) in [6, 6.07) is 19.2. The third-order valence-electron chi connectivity index (χ3n) is 5.02. The number of para-hydroxylation sites is 1. The Bertz CT molecular complexity index is 1250. The Labute approximate surface area is 166 Å². The molecule has 0 unspecified atom stereocenters. The second kappa shape index (κ2) is 6.53. The molecule has 6 heteroatoms. The molecule has 5 rings (SSSR count). The number of phenolic OH excluding ortho intramolecular Hbond substituents is 1. The van der Waals surface area contributed by atoms with Crippen LogP contribution in [0.1, 0.15) is 26.3 Å². The number of benzene rings is 2. The van der Waals surface area contributed by atoms with E-state index in [9.17, 15) is 14.7 Å². The second-order valence-electron chi connectivity index (χ2n) is 6.80.